The van der Waals surface area contributed by atoms with Crippen molar-refractivity contribution in [2.45, 2.75) is 0 Å². The molecule has 0 spiro atoms. The van der Waals surface area contributed by atoms with Crippen molar-refractivity contribution in [1.29, 1.82) is 0 Å². The Morgan fingerprint density at radius 1 is 0.355 bits per heavy atom. The van der Waals surface area contributed by atoms with Gasteiger partial charge < -0.3 is 0 Å². The van der Waals surface area contributed by atoms with E-state index in [1.807, 2.05) is 47.7 Å². The molecule has 0 saturated heterocycles. The average Bonchev–Trinajstić information content (AvgIpc) is 3.93. The van der Waals surface area contributed by atoms with E-state index in [1.165, 1.54) is 52.7 Å². The molecule has 0 unspecified atom stereocenters. The Morgan fingerprint density at radius 3 is 1.58 bits per heavy atom. The van der Waals surface area contributed by atoms with Crippen molar-refractivity contribution in [3.05, 3.63) is 200 Å². The third-order valence-electron chi connectivity index (χ3n) is 12.2. The molecule has 288 valence electrons. The van der Waals surface area contributed by atoms with E-state index in [4.69, 9.17) is 19.9 Å². The van der Waals surface area contributed by atoms with Gasteiger partial charge in [0.1, 0.15) is 0 Å². The highest BCUT2D eigenvalue weighted by Crippen LogP contribution is 2.44. The third kappa shape index (κ3) is 5.54. The highest BCUT2D eigenvalue weighted by atomic mass is 32.1. The summed E-state index contributed by atoms with van der Waals surface area (Å²) in [5.74, 6) is 1.89. The SMILES string of the molecule is c1ccc(-c2ccc(-c3nc(-c4ccccc4)nc(-c4ccc(-c5cc6c(sc7ccc8ccccc8c76)c6nc7c8cc9ccccc9cc8ccc7n56)cc4)n3)cc2)cc1. The van der Waals surface area contributed by atoms with Gasteiger partial charge in [-0.1, -0.05) is 170 Å². The van der Waals surface area contributed by atoms with Gasteiger partial charge in [-0.05, 0) is 74.0 Å². The van der Waals surface area contributed by atoms with E-state index in [0.717, 1.165) is 55.6 Å². The largest absolute Gasteiger partial charge is 0.291 e. The monoisotopic (exact) mass is 807 g/mol. The number of rotatable bonds is 5. The summed E-state index contributed by atoms with van der Waals surface area (Å²) in [6.07, 6.45) is 0. The molecule has 4 heterocycles. The van der Waals surface area contributed by atoms with Crippen LogP contribution in [0, 0.1) is 0 Å². The van der Waals surface area contributed by atoms with Crippen LogP contribution < -0.4 is 0 Å². The number of nitrogens with zero attached hydrogens (tertiary/aromatic N) is 5. The van der Waals surface area contributed by atoms with Crippen molar-refractivity contribution in [3.8, 4) is 56.5 Å². The van der Waals surface area contributed by atoms with Gasteiger partial charge in [0.05, 0.1) is 21.4 Å². The van der Waals surface area contributed by atoms with E-state index in [2.05, 4.69) is 168 Å². The second-order valence-electron chi connectivity index (χ2n) is 15.9. The molecule has 62 heavy (non-hydrogen) atoms. The summed E-state index contributed by atoms with van der Waals surface area (Å²) < 4.78 is 4.81. The quantitative estimate of drug-likeness (QED) is 0.163. The average molecular weight is 808 g/mol. The molecule has 0 aliphatic rings. The lowest BCUT2D eigenvalue weighted by Gasteiger charge is -2.11. The van der Waals surface area contributed by atoms with Crippen LogP contribution in [-0.2, 0) is 0 Å². The maximum absolute atomic E-state index is 5.55. The Balaban J connectivity index is 1.01. The highest BCUT2D eigenvalue weighted by Gasteiger charge is 2.21. The first-order valence-corrected chi connectivity index (χ1v) is 21.6. The van der Waals surface area contributed by atoms with E-state index in [9.17, 15) is 0 Å². The van der Waals surface area contributed by atoms with Gasteiger partial charge >= 0.3 is 0 Å². The number of benzene rings is 9. The van der Waals surface area contributed by atoms with Gasteiger partial charge in [0, 0.05) is 37.5 Å². The summed E-state index contributed by atoms with van der Waals surface area (Å²) in [6, 6.07) is 70.9. The van der Waals surface area contributed by atoms with E-state index in [1.54, 1.807) is 0 Å². The first-order chi connectivity index (χ1) is 30.7. The highest BCUT2D eigenvalue weighted by molar-refractivity contribution is 7.26. The number of hydrogen-bond acceptors (Lipinski definition) is 5. The smallest absolute Gasteiger partial charge is 0.164 e. The lowest BCUT2D eigenvalue weighted by Crippen LogP contribution is -2.00. The topological polar surface area (TPSA) is 56.0 Å². The molecule has 13 rings (SSSR count). The van der Waals surface area contributed by atoms with Crippen LogP contribution in [0.2, 0.25) is 0 Å². The first kappa shape index (κ1) is 34.8. The number of hydrogen-bond donors (Lipinski definition) is 0. The minimum absolute atomic E-state index is 0.621. The predicted molar refractivity (Wildman–Crippen MR) is 259 cm³/mol. The zero-order valence-electron chi connectivity index (χ0n) is 33.2. The standard InChI is InChI=1S/C56H33N5S/c1-3-11-34(12-4-1)35-19-23-39(24-20-35)54-58-53(38-14-5-2-6-15-38)59-55(60-54)40-25-21-37(22-26-40)48-33-46-50-44-18-10-9-13-36(44)28-30-49(50)62-52(46)56-57-51-45-32-42-17-8-7-16-41(42)31-43(45)27-29-47(51)61(48)56/h1-33H. The number of imidazole rings is 1. The van der Waals surface area contributed by atoms with Gasteiger partial charge in [-0.15, -0.1) is 11.3 Å². The van der Waals surface area contributed by atoms with Crippen molar-refractivity contribution in [2.24, 2.45) is 0 Å². The molecule has 4 aromatic heterocycles. The first-order valence-electron chi connectivity index (χ1n) is 20.8. The van der Waals surface area contributed by atoms with E-state index in [0.29, 0.717) is 17.5 Å². The molecule has 0 aliphatic heterocycles. The van der Waals surface area contributed by atoms with E-state index < -0.39 is 0 Å². The fraction of sp³-hybridized carbons (Fsp3) is 0. The Kier molecular flexibility index (Phi) is 7.71. The van der Waals surface area contributed by atoms with Crippen molar-refractivity contribution >= 4 is 80.5 Å². The maximum Gasteiger partial charge on any atom is 0.164 e. The lowest BCUT2D eigenvalue weighted by atomic mass is 10.0. The van der Waals surface area contributed by atoms with Crippen LogP contribution in [0.5, 0.6) is 0 Å². The fourth-order valence-corrected chi connectivity index (χ4v) is 10.3. The van der Waals surface area contributed by atoms with Gasteiger partial charge in [-0.25, -0.2) is 19.9 Å². The molecule has 0 atom stereocenters. The molecule has 0 radical (unpaired) electrons. The van der Waals surface area contributed by atoms with Crippen LogP contribution in [0.1, 0.15) is 0 Å². The van der Waals surface area contributed by atoms with Gasteiger partial charge in [-0.3, -0.25) is 4.40 Å². The Bertz CT molecular complexity index is 3890. The molecule has 0 bridgehead atoms. The molecule has 0 N–H and O–H groups in total. The van der Waals surface area contributed by atoms with E-state index in [-0.39, 0.29) is 0 Å². The van der Waals surface area contributed by atoms with E-state index >= 15 is 0 Å². The zero-order valence-corrected chi connectivity index (χ0v) is 34.0. The molecule has 13 aromatic rings. The minimum atomic E-state index is 0.621. The van der Waals surface area contributed by atoms with Crippen molar-refractivity contribution < 1.29 is 0 Å². The molecule has 9 aromatic carbocycles. The summed E-state index contributed by atoms with van der Waals surface area (Å²) in [5, 5.41) is 9.74. The Labute approximate surface area is 359 Å². The van der Waals surface area contributed by atoms with Crippen LogP contribution >= 0.6 is 11.3 Å². The molecule has 0 amide bonds. The summed E-state index contributed by atoms with van der Waals surface area (Å²) >= 11 is 1.83. The summed E-state index contributed by atoms with van der Waals surface area (Å²) in [6.45, 7) is 0. The van der Waals surface area contributed by atoms with Crippen LogP contribution in [0.25, 0.3) is 126 Å². The van der Waals surface area contributed by atoms with Gasteiger partial charge in [0.25, 0.3) is 0 Å². The van der Waals surface area contributed by atoms with Gasteiger partial charge in [-0.2, -0.15) is 0 Å². The molecular weight excluding hydrogens is 775 g/mol. The Hall–Kier alpha value is -8.06. The van der Waals surface area contributed by atoms with Crippen LogP contribution in [0.15, 0.2) is 200 Å². The summed E-state index contributed by atoms with van der Waals surface area (Å²) in [5.41, 5.74) is 10.3. The fourth-order valence-electron chi connectivity index (χ4n) is 9.14. The van der Waals surface area contributed by atoms with Crippen molar-refractivity contribution in [2.75, 3.05) is 0 Å². The van der Waals surface area contributed by atoms with Gasteiger partial charge in [0.2, 0.25) is 0 Å². The molecule has 5 nitrogen and oxygen atoms in total. The maximum atomic E-state index is 5.55. The summed E-state index contributed by atoms with van der Waals surface area (Å²) in [7, 11) is 0. The molecule has 6 heteroatoms. The molecular formula is C56H33N5S. The second kappa shape index (κ2) is 13.7. The number of pyridine rings is 1. The number of fused-ring (bicyclic) bond motifs is 12. The lowest BCUT2D eigenvalue weighted by molar-refractivity contribution is 1.07. The number of thiophene rings is 1. The van der Waals surface area contributed by atoms with Crippen LogP contribution in [-0.4, -0.2) is 24.3 Å². The second-order valence-corrected chi connectivity index (χ2v) is 16.9. The molecule has 0 saturated carbocycles. The summed E-state index contributed by atoms with van der Waals surface area (Å²) in [4.78, 5) is 20.7. The molecule has 0 aliphatic carbocycles. The molecule has 0 fully saturated rings. The van der Waals surface area contributed by atoms with Crippen molar-refractivity contribution in [3.63, 3.8) is 0 Å². The zero-order chi connectivity index (χ0) is 40.7. The number of aromatic nitrogens is 5. The Morgan fingerprint density at radius 2 is 0.887 bits per heavy atom. The van der Waals surface area contributed by atoms with Crippen LogP contribution in [0.3, 0.4) is 0 Å². The van der Waals surface area contributed by atoms with Gasteiger partial charge in [0.15, 0.2) is 23.1 Å². The third-order valence-corrected chi connectivity index (χ3v) is 13.4. The normalized spacial score (nSPS) is 11.9. The predicted octanol–water partition coefficient (Wildman–Crippen LogP) is 14.8. The van der Waals surface area contributed by atoms with Crippen molar-refractivity contribution in [1.82, 2.24) is 24.3 Å². The minimum Gasteiger partial charge on any atom is -0.291 e. The van der Waals surface area contributed by atoms with Crippen LogP contribution in [0.4, 0.5) is 0 Å².